The Hall–Kier alpha value is -0.860. The van der Waals surface area contributed by atoms with Gasteiger partial charge in [-0.1, -0.05) is 37.3 Å². The number of benzene rings is 1. The first kappa shape index (κ1) is 11.6. The summed E-state index contributed by atoms with van der Waals surface area (Å²) in [5, 5.41) is 0. The van der Waals surface area contributed by atoms with Gasteiger partial charge < -0.3 is 5.73 Å². The molecule has 1 fully saturated rings. The Morgan fingerprint density at radius 2 is 2.00 bits per heavy atom. The minimum atomic E-state index is 0.411. The highest BCUT2D eigenvalue weighted by Crippen LogP contribution is 2.33. The largest absolute Gasteiger partial charge is 0.329 e. The lowest BCUT2D eigenvalue weighted by Gasteiger charge is -2.31. The van der Waals surface area contributed by atoms with Crippen molar-refractivity contribution >= 4 is 0 Å². The van der Waals surface area contributed by atoms with Gasteiger partial charge in [-0.25, -0.2) is 0 Å². The van der Waals surface area contributed by atoms with Crippen LogP contribution in [-0.2, 0) is 0 Å². The van der Waals surface area contributed by atoms with Crippen molar-refractivity contribution in [2.45, 2.75) is 38.3 Å². The molecule has 1 atom stereocenters. The van der Waals surface area contributed by atoms with Crippen molar-refractivity contribution in [3.63, 3.8) is 0 Å². The topological polar surface area (TPSA) is 29.3 Å². The first-order chi connectivity index (χ1) is 7.86. The van der Waals surface area contributed by atoms with Crippen molar-refractivity contribution in [1.82, 2.24) is 4.90 Å². The zero-order valence-corrected chi connectivity index (χ0v) is 10.1. The average molecular weight is 218 g/mol. The van der Waals surface area contributed by atoms with Crippen LogP contribution in [-0.4, -0.2) is 24.0 Å². The molecule has 88 valence electrons. The normalized spacial score (nSPS) is 17.7. The maximum atomic E-state index is 5.96. The summed E-state index contributed by atoms with van der Waals surface area (Å²) < 4.78 is 0. The summed E-state index contributed by atoms with van der Waals surface area (Å²) in [6.07, 6.45) is 3.91. The molecule has 1 aromatic carbocycles. The smallest absolute Gasteiger partial charge is 0.0473 e. The van der Waals surface area contributed by atoms with Gasteiger partial charge in [-0.15, -0.1) is 0 Å². The molecule has 1 aliphatic carbocycles. The maximum Gasteiger partial charge on any atom is 0.0473 e. The number of hydrogen-bond donors (Lipinski definition) is 1. The van der Waals surface area contributed by atoms with Gasteiger partial charge in [0.25, 0.3) is 0 Å². The molecule has 1 aliphatic rings. The van der Waals surface area contributed by atoms with Crippen molar-refractivity contribution in [3.05, 3.63) is 35.9 Å². The van der Waals surface area contributed by atoms with Crippen LogP contribution in [0, 0.1) is 0 Å². The Morgan fingerprint density at radius 3 is 2.50 bits per heavy atom. The third-order valence-corrected chi connectivity index (χ3v) is 3.31. The van der Waals surface area contributed by atoms with Crippen LogP contribution in [0.2, 0.25) is 0 Å². The van der Waals surface area contributed by atoms with Crippen LogP contribution >= 0.6 is 0 Å². The van der Waals surface area contributed by atoms with Crippen LogP contribution in [0.5, 0.6) is 0 Å². The fourth-order valence-electron chi connectivity index (χ4n) is 2.40. The lowest BCUT2D eigenvalue weighted by atomic mass is 10.0. The van der Waals surface area contributed by atoms with Gasteiger partial charge in [-0.2, -0.15) is 0 Å². The molecule has 1 unspecified atom stereocenters. The molecule has 16 heavy (non-hydrogen) atoms. The SMILES string of the molecule is CCCN(C1CC1)C(CN)c1ccccc1. The summed E-state index contributed by atoms with van der Waals surface area (Å²) in [5.41, 5.74) is 7.33. The molecule has 1 saturated carbocycles. The van der Waals surface area contributed by atoms with E-state index in [0.29, 0.717) is 6.04 Å². The summed E-state index contributed by atoms with van der Waals surface area (Å²) in [6, 6.07) is 11.9. The lowest BCUT2D eigenvalue weighted by Crippen LogP contribution is -2.36. The predicted molar refractivity (Wildman–Crippen MR) is 68.3 cm³/mol. The molecule has 0 aromatic heterocycles. The molecule has 2 N–H and O–H groups in total. The van der Waals surface area contributed by atoms with E-state index >= 15 is 0 Å². The molecule has 2 rings (SSSR count). The molecule has 0 bridgehead atoms. The Balaban J connectivity index is 2.13. The molecular weight excluding hydrogens is 196 g/mol. The Kier molecular flexibility index (Phi) is 3.97. The molecule has 0 spiro atoms. The zero-order valence-electron chi connectivity index (χ0n) is 10.1. The number of nitrogens with zero attached hydrogens (tertiary/aromatic N) is 1. The molecule has 0 saturated heterocycles. The quantitative estimate of drug-likeness (QED) is 0.795. The Morgan fingerprint density at radius 1 is 1.31 bits per heavy atom. The van der Waals surface area contributed by atoms with E-state index in [1.807, 2.05) is 0 Å². The highest BCUT2D eigenvalue weighted by atomic mass is 15.2. The summed E-state index contributed by atoms with van der Waals surface area (Å²) in [7, 11) is 0. The predicted octanol–water partition coefficient (Wildman–Crippen LogP) is 2.56. The van der Waals surface area contributed by atoms with Crippen LogP contribution < -0.4 is 5.73 Å². The van der Waals surface area contributed by atoms with Crippen molar-refractivity contribution in [3.8, 4) is 0 Å². The van der Waals surface area contributed by atoms with Gasteiger partial charge in [0, 0.05) is 18.6 Å². The first-order valence-electron chi connectivity index (χ1n) is 6.37. The second kappa shape index (κ2) is 5.46. The van der Waals surface area contributed by atoms with Gasteiger partial charge in [0.2, 0.25) is 0 Å². The Bertz CT molecular complexity index is 306. The number of nitrogens with two attached hydrogens (primary N) is 1. The lowest BCUT2D eigenvalue weighted by molar-refractivity contribution is 0.191. The van der Waals surface area contributed by atoms with Gasteiger partial charge in [0.05, 0.1) is 0 Å². The average Bonchev–Trinajstić information content (AvgIpc) is 3.14. The molecule has 0 radical (unpaired) electrons. The minimum Gasteiger partial charge on any atom is -0.329 e. The van der Waals surface area contributed by atoms with E-state index in [1.165, 1.54) is 31.4 Å². The molecule has 0 amide bonds. The number of rotatable bonds is 6. The molecule has 1 aromatic rings. The fraction of sp³-hybridized carbons (Fsp3) is 0.571. The van der Waals surface area contributed by atoms with Crippen molar-refractivity contribution < 1.29 is 0 Å². The number of hydrogen-bond acceptors (Lipinski definition) is 2. The molecule has 2 nitrogen and oxygen atoms in total. The second-order valence-electron chi connectivity index (χ2n) is 4.63. The van der Waals surface area contributed by atoms with Crippen LogP contribution in [0.1, 0.15) is 37.8 Å². The Labute approximate surface area is 98.4 Å². The third kappa shape index (κ3) is 2.63. The maximum absolute atomic E-state index is 5.96. The van der Waals surface area contributed by atoms with Crippen molar-refractivity contribution in [2.24, 2.45) is 5.73 Å². The van der Waals surface area contributed by atoms with E-state index in [9.17, 15) is 0 Å². The van der Waals surface area contributed by atoms with Gasteiger partial charge in [-0.3, -0.25) is 4.90 Å². The van der Waals surface area contributed by atoms with Crippen molar-refractivity contribution in [2.75, 3.05) is 13.1 Å². The summed E-state index contributed by atoms with van der Waals surface area (Å²) in [4.78, 5) is 2.59. The highest BCUT2D eigenvalue weighted by Gasteiger charge is 2.33. The van der Waals surface area contributed by atoms with Crippen molar-refractivity contribution in [1.29, 1.82) is 0 Å². The monoisotopic (exact) mass is 218 g/mol. The summed E-state index contributed by atoms with van der Waals surface area (Å²) >= 11 is 0. The standard InChI is InChI=1S/C14H22N2/c1-2-10-16(13-8-9-13)14(11-15)12-6-4-3-5-7-12/h3-7,13-14H,2,8-11,15H2,1H3. The minimum absolute atomic E-state index is 0.411. The zero-order chi connectivity index (χ0) is 11.4. The molecular formula is C14H22N2. The van der Waals surface area contributed by atoms with E-state index < -0.39 is 0 Å². The fourth-order valence-corrected chi connectivity index (χ4v) is 2.40. The van der Waals surface area contributed by atoms with Gasteiger partial charge in [0.1, 0.15) is 0 Å². The highest BCUT2D eigenvalue weighted by molar-refractivity contribution is 5.20. The van der Waals surface area contributed by atoms with Crippen LogP contribution in [0.3, 0.4) is 0 Å². The van der Waals surface area contributed by atoms with Crippen LogP contribution in [0.25, 0.3) is 0 Å². The van der Waals surface area contributed by atoms with Gasteiger partial charge in [0.15, 0.2) is 0 Å². The van der Waals surface area contributed by atoms with E-state index in [2.05, 4.69) is 42.2 Å². The first-order valence-corrected chi connectivity index (χ1v) is 6.37. The molecule has 0 heterocycles. The summed E-state index contributed by atoms with van der Waals surface area (Å²) in [5.74, 6) is 0. The van der Waals surface area contributed by atoms with E-state index in [4.69, 9.17) is 5.73 Å². The van der Waals surface area contributed by atoms with Crippen LogP contribution in [0.15, 0.2) is 30.3 Å². The van der Waals surface area contributed by atoms with Gasteiger partial charge in [-0.05, 0) is 31.4 Å². The second-order valence-corrected chi connectivity index (χ2v) is 4.63. The van der Waals surface area contributed by atoms with Crippen LogP contribution in [0.4, 0.5) is 0 Å². The van der Waals surface area contributed by atoms with E-state index in [-0.39, 0.29) is 0 Å². The van der Waals surface area contributed by atoms with E-state index in [0.717, 1.165) is 12.6 Å². The van der Waals surface area contributed by atoms with E-state index in [1.54, 1.807) is 0 Å². The third-order valence-electron chi connectivity index (χ3n) is 3.31. The van der Waals surface area contributed by atoms with Gasteiger partial charge >= 0.3 is 0 Å². The molecule has 2 heteroatoms. The molecule has 0 aliphatic heterocycles. The summed E-state index contributed by atoms with van der Waals surface area (Å²) in [6.45, 7) is 4.13.